The van der Waals surface area contributed by atoms with Crippen molar-refractivity contribution in [1.29, 1.82) is 0 Å². The maximum absolute atomic E-state index is 5.86. The van der Waals surface area contributed by atoms with E-state index in [0.717, 1.165) is 12.2 Å². The van der Waals surface area contributed by atoms with E-state index in [9.17, 15) is 0 Å². The number of fused-ring (bicyclic) bond motifs is 1. The van der Waals surface area contributed by atoms with E-state index in [1.807, 2.05) is 12.1 Å². The summed E-state index contributed by atoms with van der Waals surface area (Å²) in [5.74, 6) is 0. The van der Waals surface area contributed by atoms with Crippen LogP contribution in [0, 0.1) is 6.92 Å². The molecule has 0 atom stereocenters. The van der Waals surface area contributed by atoms with Crippen LogP contribution in [0.15, 0.2) is 54.7 Å². The SMILES string of the molecule is Cc1ccccc1Cn1ccc2ccc(N)cc21. The van der Waals surface area contributed by atoms with Gasteiger partial charge in [0.1, 0.15) is 0 Å². The predicted molar refractivity (Wildman–Crippen MR) is 76.6 cm³/mol. The highest BCUT2D eigenvalue weighted by molar-refractivity contribution is 5.83. The van der Waals surface area contributed by atoms with Crippen LogP contribution in [0.5, 0.6) is 0 Å². The number of nitrogens with zero attached hydrogens (tertiary/aromatic N) is 1. The molecule has 3 aromatic rings. The maximum Gasteiger partial charge on any atom is 0.0504 e. The number of nitrogen functional groups attached to an aromatic ring is 1. The molecular formula is C16H16N2. The summed E-state index contributed by atoms with van der Waals surface area (Å²) in [6.45, 7) is 3.04. The molecule has 2 nitrogen and oxygen atoms in total. The summed E-state index contributed by atoms with van der Waals surface area (Å²) in [5, 5.41) is 1.23. The average Bonchev–Trinajstić information content (AvgIpc) is 2.75. The predicted octanol–water partition coefficient (Wildman–Crippen LogP) is 3.58. The zero-order valence-corrected chi connectivity index (χ0v) is 10.4. The van der Waals surface area contributed by atoms with E-state index in [1.54, 1.807) is 0 Å². The van der Waals surface area contributed by atoms with Gasteiger partial charge in [-0.2, -0.15) is 0 Å². The molecule has 2 heteroatoms. The largest absolute Gasteiger partial charge is 0.399 e. The Hall–Kier alpha value is -2.22. The number of nitrogens with two attached hydrogens (primary N) is 1. The molecule has 0 amide bonds. The Kier molecular flexibility index (Phi) is 2.56. The van der Waals surface area contributed by atoms with Crippen LogP contribution in [0.3, 0.4) is 0 Å². The molecule has 0 saturated carbocycles. The van der Waals surface area contributed by atoms with Crippen LogP contribution in [0.4, 0.5) is 5.69 Å². The third kappa shape index (κ3) is 1.86. The van der Waals surface area contributed by atoms with Gasteiger partial charge in [-0.15, -0.1) is 0 Å². The van der Waals surface area contributed by atoms with Gasteiger partial charge in [0.05, 0.1) is 5.52 Å². The third-order valence-corrected chi connectivity index (χ3v) is 3.40. The molecule has 0 unspecified atom stereocenters. The summed E-state index contributed by atoms with van der Waals surface area (Å²) in [6.07, 6.45) is 2.12. The fourth-order valence-electron chi connectivity index (χ4n) is 2.31. The van der Waals surface area contributed by atoms with Crippen molar-refractivity contribution in [2.45, 2.75) is 13.5 Å². The summed E-state index contributed by atoms with van der Waals surface area (Å²) >= 11 is 0. The Morgan fingerprint density at radius 2 is 1.89 bits per heavy atom. The molecule has 2 aromatic carbocycles. The molecule has 0 radical (unpaired) electrons. The highest BCUT2D eigenvalue weighted by Crippen LogP contribution is 2.20. The van der Waals surface area contributed by atoms with Crippen molar-refractivity contribution in [3.05, 3.63) is 65.9 Å². The number of anilines is 1. The quantitative estimate of drug-likeness (QED) is 0.677. The normalized spacial score (nSPS) is 10.9. The second kappa shape index (κ2) is 4.22. The number of hydrogen-bond donors (Lipinski definition) is 1. The first-order chi connectivity index (χ1) is 8.74. The van der Waals surface area contributed by atoms with Crippen molar-refractivity contribution < 1.29 is 0 Å². The van der Waals surface area contributed by atoms with Gasteiger partial charge in [0.25, 0.3) is 0 Å². The van der Waals surface area contributed by atoms with Crippen LogP contribution >= 0.6 is 0 Å². The Labute approximate surface area is 107 Å². The number of aromatic nitrogens is 1. The zero-order valence-electron chi connectivity index (χ0n) is 10.4. The molecule has 0 spiro atoms. The van der Waals surface area contributed by atoms with Gasteiger partial charge in [0.2, 0.25) is 0 Å². The van der Waals surface area contributed by atoms with Gasteiger partial charge in [-0.05, 0) is 41.6 Å². The highest BCUT2D eigenvalue weighted by Gasteiger charge is 2.03. The molecule has 2 N–H and O–H groups in total. The fraction of sp³-hybridized carbons (Fsp3) is 0.125. The summed E-state index contributed by atoms with van der Waals surface area (Å²) in [4.78, 5) is 0. The van der Waals surface area contributed by atoms with E-state index in [-0.39, 0.29) is 0 Å². The molecule has 0 aliphatic carbocycles. The molecule has 3 rings (SSSR count). The van der Waals surface area contributed by atoms with Crippen molar-refractivity contribution in [2.75, 3.05) is 5.73 Å². The van der Waals surface area contributed by atoms with E-state index in [1.165, 1.54) is 22.0 Å². The van der Waals surface area contributed by atoms with Gasteiger partial charge in [-0.25, -0.2) is 0 Å². The first-order valence-electron chi connectivity index (χ1n) is 6.13. The number of rotatable bonds is 2. The average molecular weight is 236 g/mol. The standard InChI is InChI=1S/C16H16N2/c1-12-4-2-3-5-14(12)11-18-9-8-13-6-7-15(17)10-16(13)18/h2-10H,11,17H2,1H3. The van der Waals surface area contributed by atoms with Gasteiger partial charge < -0.3 is 10.3 Å². The monoisotopic (exact) mass is 236 g/mol. The number of hydrogen-bond acceptors (Lipinski definition) is 1. The van der Waals surface area contributed by atoms with Crippen LogP contribution in [0.1, 0.15) is 11.1 Å². The topological polar surface area (TPSA) is 30.9 Å². The summed E-state index contributed by atoms with van der Waals surface area (Å²) in [5.41, 5.74) is 10.5. The second-order valence-corrected chi connectivity index (χ2v) is 4.69. The van der Waals surface area contributed by atoms with E-state index in [0.29, 0.717) is 0 Å². The molecule has 90 valence electrons. The lowest BCUT2D eigenvalue weighted by atomic mass is 10.1. The molecule has 1 heterocycles. The number of benzene rings is 2. The molecule has 0 bridgehead atoms. The summed E-state index contributed by atoms with van der Waals surface area (Å²) < 4.78 is 2.24. The van der Waals surface area contributed by atoms with Crippen molar-refractivity contribution in [3.63, 3.8) is 0 Å². The lowest BCUT2D eigenvalue weighted by Crippen LogP contribution is -2.00. The first-order valence-corrected chi connectivity index (χ1v) is 6.13. The smallest absolute Gasteiger partial charge is 0.0504 e. The van der Waals surface area contributed by atoms with Crippen molar-refractivity contribution in [2.24, 2.45) is 0 Å². The van der Waals surface area contributed by atoms with Crippen LogP contribution in [0.25, 0.3) is 10.9 Å². The summed E-state index contributed by atoms with van der Waals surface area (Å²) in [7, 11) is 0. The van der Waals surface area contributed by atoms with Gasteiger partial charge in [0, 0.05) is 18.4 Å². The van der Waals surface area contributed by atoms with Crippen molar-refractivity contribution in [3.8, 4) is 0 Å². The molecule has 0 aliphatic heterocycles. The first kappa shape index (κ1) is 10.9. The van der Waals surface area contributed by atoms with Crippen molar-refractivity contribution >= 4 is 16.6 Å². The van der Waals surface area contributed by atoms with E-state index in [2.05, 4.69) is 54.1 Å². The van der Waals surface area contributed by atoms with Crippen molar-refractivity contribution in [1.82, 2.24) is 4.57 Å². The molecular weight excluding hydrogens is 220 g/mol. The Bertz CT molecular complexity index is 695. The Morgan fingerprint density at radius 3 is 2.72 bits per heavy atom. The maximum atomic E-state index is 5.86. The minimum atomic E-state index is 0.812. The molecule has 0 fully saturated rings. The minimum Gasteiger partial charge on any atom is -0.399 e. The van der Waals surface area contributed by atoms with E-state index >= 15 is 0 Å². The van der Waals surface area contributed by atoms with E-state index in [4.69, 9.17) is 5.73 Å². The fourth-order valence-corrected chi connectivity index (χ4v) is 2.31. The number of aryl methyl sites for hydroxylation is 1. The van der Waals surface area contributed by atoms with Crippen LogP contribution < -0.4 is 5.73 Å². The summed E-state index contributed by atoms with van der Waals surface area (Å²) in [6, 6.07) is 16.7. The van der Waals surface area contributed by atoms with Gasteiger partial charge in [-0.1, -0.05) is 30.3 Å². The third-order valence-electron chi connectivity index (χ3n) is 3.40. The molecule has 18 heavy (non-hydrogen) atoms. The highest BCUT2D eigenvalue weighted by atomic mass is 15.0. The molecule has 0 saturated heterocycles. The van der Waals surface area contributed by atoms with E-state index < -0.39 is 0 Å². The minimum absolute atomic E-state index is 0.812. The van der Waals surface area contributed by atoms with Gasteiger partial charge in [0.15, 0.2) is 0 Å². The van der Waals surface area contributed by atoms with Gasteiger partial charge in [-0.3, -0.25) is 0 Å². The Balaban J connectivity index is 2.05. The lowest BCUT2D eigenvalue weighted by molar-refractivity contribution is 0.830. The Morgan fingerprint density at radius 1 is 1.06 bits per heavy atom. The zero-order chi connectivity index (χ0) is 12.5. The van der Waals surface area contributed by atoms with Crippen LogP contribution in [0.2, 0.25) is 0 Å². The van der Waals surface area contributed by atoms with Gasteiger partial charge >= 0.3 is 0 Å². The lowest BCUT2D eigenvalue weighted by Gasteiger charge is -2.08. The molecule has 1 aromatic heterocycles. The van der Waals surface area contributed by atoms with Crippen LogP contribution in [-0.2, 0) is 6.54 Å². The van der Waals surface area contributed by atoms with Crippen LogP contribution in [-0.4, -0.2) is 4.57 Å². The second-order valence-electron chi connectivity index (χ2n) is 4.69. The molecule has 0 aliphatic rings.